The van der Waals surface area contributed by atoms with Crippen LogP contribution in [0.15, 0.2) is 36.4 Å². The van der Waals surface area contributed by atoms with Crippen molar-refractivity contribution in [3.8, 4) is 28.5 Å². The highest BCUT2D eigenvalue weighted by Crippen LogP contribution is 2.47. The maximum absolute atomic E-state index is 11.9. The minimum atomic E-state index is -0.201. The first-order chi connectivity index (χ1) is 14.7. The summed E-state index contributed by atoms with van der Waals surface area (Å²) >= 11 is 0. The number of methoxy groups -OCH3 is 2. The second kappa shape index (κ2) is 7.50. The zero-order valence-corrected chi connectivity index (χ0v) is 16.9. The van der Waals surface area contributed by atoms with E-state index in [1.807, 2.05) is 30.3 Å². The summed E-state index contributed by atoms with van der Waals surface area (Å²) in [5.74, 6) is 2.36. The average molecular weight is 406 g/mol. The first-order valence-electron chi connectivity index (χ1n) is 9.88. The number of aromatic nitrogens is 1. The molecule has 0 saturated heterocycles. The van der Waals surface area contributed by atoms with Crippen molar-refractivity contribution in [1.29, 1.82) is 0 Å². The molecular formula is C23H22N2O5. The first kappa shape index (κ1) is 18.7. The SMILES string of the molecule is COCC(=O)Nc1ccc2c(C3CC3)cc(-c3cc4c(cc3OC)OCO4)nc2c1. The highest BCUT2D eigenvalue weighted by molar-refractivity contribution is 5.95. The number of rotatable bonds is 6. The van der Waals surface area contributed by atoms with E-state index in [0.29, 0.717) is 28.9 Å². The van der Waals surface area contributed by atoms with Gasteiger partial charge in [-0.05, 0) is 48.6 Å². The molecule has 1 aliphatic carbocycles. The number of hydrogen-bond donors (Lipinski definition) is 1. The lowest BCUT2D eigenvalue weighted by atomic mass is 10.00. The lowest BCUT2D eigenvalue weighted by Gasteiger charge is -2.14. The van der Waals surface area contributed by atoms with Gasteiger partial charge in [0.1, 0.15) is 12.4 Å². The van der Waals surface area contributed by atoms with Crippen molar-refractivity contribution in [1.82, 2.24) is 4.98 Å². The lowest BCUT2D eigenvalue weighted by Crippen LogP contribution is -2.17. The first-order valence-corrected chi connectivity index (χ1v) is 9.88. The van der Waals surface area contributed by atoms with E-state index in [2.05, 4.69) is 11.4 Å². The van der Waals surface area contributed by atoms with Crippen LogP contribution in [0.2, 0.25) is 0 Å². The number of amides is 1. The van der Waals surface area contributed by atoms with Crippen LogP contribution in [0.25, 0.3) is 22.2 Å². The van der Waals surface area contributed by atoms with E-state index in [1.54, 1.807) is 7.11 Å². The van der Waals surface area contributed by atoms with Gasteiger partial charge in [-0.2, -0.15) is 0 Å². The van der Waals surface area contributed by atoms with Crippen LogP contribution >= 0.6 is 0 Å². The Hall–Kier alpha value is -3.32. The number of hydrogen-bond acceptors (Lipinski definition) is 6. The molecule has 1 saturated carbocycles. The second-order valence-electron chi connectivity index (χ2n) is 7.49. The Morgan fingerprint density at radius 3 is 2.67 bits per heavy atom. The maximum Gasteiger partial charge on any atom is 0.250 e. The van der Waals surface area contributed by atoms with Crippen LogP contribution in [0.4, 0.5) is 5.69 Å². The van der Waals surface area contributed by atoms with E-state index in [-0.39, 0.29) is 19.3 Å². The third-order valence-electron chi connectivity index (χ3n) is 5.39. The van der Waals surface area contributed by atoms with Crippen LogP contribution in [0.1, 0.15) is 24.3 Å². The predicted octanol–water partition coefficient (Wildman–Crippen LogP) is 4.10. The van der Waals surface area contributed by atoms with E-state index in [9.17, 15) is 4.79 Å². The normalized spacial score (nSPS) is 14.7. The van der Waals surface area contributed by atoms with Crippen LogP contribution in [0.3, 0.4) is 0 Å². The Morgan fingerprint density at radius 2 is 1.93 bits per heavy atom. The number of carbonyl (C=O) groups excluding carboxylic acids is 1. The van der Waals surface area contributed by atoms with E-state index >= 15 is 0 Å². The van der Waals surface area contributed by atoms with Gasteiger partial charge in [0.25, 0.3) is 0 Å². The molecule has 1 amide bonds. The molecule has 3 aromatic rings. The van der Waals surface area contributed by atoms with Crippen molar-refractivity contribution in [3.63, 3.8) is 0 Å². The number of nitrogens with zero attached hydrogens (tertiary/aromatic N) is 1. The van der Waals surface area contributed by atoms with Gasteiger partial charge >= 0.3 is 0 Å². The Balaban J connectivity index is 1.63. The Bertz CT molecular complexity index is 1140. The number of carbonyl (C=O) groups is 1. The minimum absolute atomic E-state index is 0.00717. The van der Waals surface area contributed by atoms with Crippen molar-refractivity contribution < 1.29 is 23.7 Å². The van der Waals surface area contributed by atoms with Gasteiger partial charge in [0.2, 0.25) is 12.7 Å². The van der Waals surface area contributed by atoms with Gasteiger partial charge in [-0.25, -0.2) is 4.98 Å². The van der Waals surface area contributed by atoms with Crippen molar-refractivity contribution in [3.05, 3.63) is 42.0 Å². The maximum atomic E-state index is 11.9. The Kier molecular flexibility index (Phi) is 4.67. The van der Waals surface area contributed by atoms with Gasteiger partial charge in [-0.3, -0.25) is 4.79 Å². The molecule has 1 fully saturated rings. The monoisotopic (exact) mass is 406 g/mol. The molecule has 7 heteroatoms. The van der Waals surface area contributed by atoms with Crippen LogP contribution in [-0.4, -0.2) is 38.5 Å². The molecule has 7 nitrogen and oxygen atoms in total. The van der Waals surface area contributed by atoms with Gasteiger partial charge in [0.15, 0.2) is 11.5 Å². The zero-order chi connectivity index (χ0) is 20.7. The zero-order valence-electron chi connectivity index (χ0n) is 16.9. The number of fused-ring (bicyclic) bond motifs is 2. The molecule has 0 bridgehead atoms. The van der Waals surface area contributed by atoms with Crippen molar-refractivity contribution in [2.24, 2.45) is 0 Å². The van der Waals surface area contributed by atoms with Gasteiger partial charge < -0.3 is 24.3 Å². The molecule has 1 aromatic heterocycles. The third kappa shape index (κ3) is 3.41. The largest absolute Gasteiger partial charge is 0.496 e. The lowest BCUT2D eigenvalue weighted by molar-refractivity contribution is -0.119. The fraction of sp³-hybridized carbons (Fsp3) is 0.304. The summed E-state index contributed by atoms with van der Waals surface area (Å²) in [7, 11) is 3.13. The summed E-state index contributed by atoms with van der Waals surface area (Å²) < 4.78 is 21.5. The quantitative estimate of drug-likeness (QED) is 0.664. The number of pyridine rings is 1. The summed E-state index contributed by atoms with van der Waals surface area (Å²) in [4.78, 5) is 16.8. The highest BCUT2D eigenvalue weighted by Gasteiger charge is 2.27. The van der Waals surface area contributed by atoms with Crippen LogP contribution in [-0.2, 0) is 9.53 Å². The van der Waals surface area contributed by atoms with E-state index in [0.717, 1.165) is 22.2 Å². The number of ether oxygens (including phenoxy) is 4. The molecule has 2 aromatic carbocycles. The minimum Gasteiger partial charge on any atom is -0.496 e. The van der Waals surface area contributed by atoms with Crippen LogP contribution in [0.5, 0.6) is 17.2 Å². The smallest absolute Gasteiger partial charge is 0.250 e. The summed E-state index contributed by atoms with van der Waals surface area (Å²) in [5.41, 5.74) is 4.43. The Morgan fingerprint density at radius 1 is 1.13 bits per heavy atom. The molecule has 0 radical (unpaired) electrons. The molecule has 154 valence electrons. The molecule has 30 heavy (non-hydrogen) atoms. The molecule has 2 aliphatic rings. The van der Waals surface area contributed by atoms with Crippen molar-refractivity contribution in [2.75, 3.05) is 32.9 Å². The summed E-state index contributed by atoms with van der Waals surface area (Å²) in [6.07, 6.45) is 2.34. The fourth-order valence-electron chi connectivity index (χ4n) is 3.82. The molecule has 0 unspecified atom stereocenters. The number of benzene rings is 2. The molecule has 0 atom stereocenters. The van der Waals surface area contributed by atoms with Gasteiger partial charge in [-0.1, -0.05) is 6.07 Å². The average Bonchev–Trinajstić information content (AvgIpc) is 3.49. The van der Waals surface area contributed by atoms with Crippen LogP contribution in [0, 0.1) is 0 Å². The summed E-state index contributed by atoms with van der Waals surface area (Å²) in [6.45, 7) is 0.207. The number of nitrogens with one attached hydrogen (secondary N) is 1. The predicted molar refractivity (Wildman–Crippen MR) is 112 cm³/mol. The van der Waals surface area contributed by atoms with Crippen molar-refractivity contribution in [2.45, 2.75) is 18.8 Å². The van der Waals surface area contributed by atoms with Crippen LogP contribution < -0.4 is 19.5 Å². The molecular weight excluding hydrogens is 384 g/mol. The van der Waals surface area contributed by atoms with Gasteiger partial charge in [-0.15, -0.1) is 0 Å². The molecule has 5 rings (SSSR count). The molecule has 0 spiro atoms. The van der Waals surface area contributed by atoms with Crippen molar-refractivity contribution >= 4 is 22.5 Å². The molecule has 2 heterocycles. The van der Waals surface area contributed by atoms with Gasteiger partial charge in [0.05, 0.1) is 18.3 Å². The summed E-state index contributed by atoms with van der Waals surface area (Å²) in [5, 5.41) is 3.95. The third-order valence-corrected chi connectivity index (χ3v) is 5.39. The molecule has 1 aliphatic heterocycles. The van der Waals surface area contributed by atoms with E-state index in [4.69, 9.17) is 23.9 Å². The molecule has 1 N–H and O–H groups in total. The Labute approximate surface area is 173 Å². The second-order valence-corrected chi connectivity index (χ2v) is 7.49. The van der Waals surface area contributed by atoms with E-state index < -0.39 is 0 Å². The summed E-state index contributed by atoms with van der Waals surface area (Å²) in [6, 6.07) is 11.7. The van der Waals surface area contributed by atoms with E-state index in [1.165, 1.54) is 25.5 Å². The topological polar surface area (TPSA) is 78.9 Å². The number of anilines is 1. The highest BCUT2D eigenvalue weighted by atomic mass is 16.7. The standard InChI is InChI=1S/C23H22N2O5/c1-27-11-23(26)24-14-5-6-15-16(13-3-4-13)8-19(25-18(15)7-14)17-9-21-22(30-12-29-21)10-20(17)28-2/h5-10,13H,3-4,11-12H2,1-2H3,(H,24,26). The van der Waals surface area contributed by atoms with Gasteiger partial charge in [0, 0.05) is 29.8 Å². The fourth-order valence-corrected chi connectivity index (χ4v) is 3.82.